The van der Waals surface area contributed by atoms with Gasteiger partial charge in [0.2, 0.25) is 0 Å². The zero-order valence-electron chi connectivity index (χ0n) is 12.4. The van der Waals surface area contributed by atoms with E-state index >= 15 is 0 Å². The SMILES string of the molecule is CCOC=CCC1C(=O)c2c(OC)ccc3c2C1CCO3. The van der Waals surface area contributed by atoms with E-state index < -0.39 is 0 Å². The third kappa shape index (κ3) is 2.28. The summed E-state index contributed by atoms with van der Waals surface area (Å²) >= 11 is 0. The summed E-state index contributed by atoms with van der Waals surface area (Å²) in [5, 5.41) is 0. The van der Waals surface area contributed by atoms with E-state index in [1.54, 1.807) is 13.4 Å². The minimum Gasteiger partial charge on any atom is -0.502 e. The van der Waals surface area contributed by atoms with Crippen LogP contribution < -0.4 is 9.47 Å². The molecule has 0 fully saturated rings. The first-order valence-corrected chi connectivity index (χ1v) is 7.42. The third-order valence-electron chi connectivity index (χ3n) is 4.26. The summed E-state index contributed by atoms with van der Waals surface area (Å²) in [5.41, 5.74) is 1.76. The molecule has 1 aliphatic heterocycles. The van der Waals surface area contributed by atoms with Crippen LogP contribution in [0.25, 0.3) is 0 Å². The van der Waals surface area contributed by atoms with Crippen molar-refractivity contribution in [2.45, 2.75) is 25.7 Å². The van der Waals surface area contributed by atoms with Gasteiger partial charge in [0.25, 0.3) is 0 Å². The number of carbonyl (C=O) groups is 1. The molecule has 0 amide bonds. The van der Waals surface area contributed by atoms with Crippen LogP contribution in [0.1, 0.15) is 41.6 Å². The second kappa shape index (κ2) is 5.80. The van der Waals surface area contributed by atoms with Crippen molar-refractivity contribution >= 4 is 5.78 Å². The molecular weight excluding hydrogens is 268 g/mol. The van der Waals surface area contributed by atoms with Gasteiger partial charge in [-0.3, -0.25) is 4.79 Å². The van der Waals surface area contributed by atoms with Gasteiger partial charge in [-0.25, -0.2) is 0 Å². The molecule has 0 spiro atoms. The Balaban J connectivity index is 1.94. The second-order valence-corrected chi connectivity index (χ2v) is 5.33. The molecule has 2 aliphatic rings. The van der Waals surface area contributed by atoms with Gasteiger partial charge < -0.3 is 14.2 Å². The fourth-order valence-corrected chi connectivity index (χ4v) is 3.35. The zero-order chi connectivity index (χ0) is 14.8. The van der Waals surface area contributed by atoms with E-state index in [1.807, 2.05) is 25.1 Å². The number of Topliss-reactive ketones (excluding diaryl/α,β-unsaturated/α-hetero) is 1. The van der Waals surface area contributed by atoms with Crippen molar-refractivity contribution in [1.82, 2.24) is 0 Å². The van der Waals surface area contributed by atoms with Gasteiger partial charge in [-0.2, -0.15) is 0 Å². The van der Waals surface area contributed by atoms with Crippen LogP contribution in [-0.4, -0.2) is 26.1 Å². The molecule has 1 heterocycles. The minimum absolute atomic E-state index is 0.0318. The Morgan fingerprint density at radius 3 is 3.05 bits per heavy atom. The van der Waals surface area contributed by atoms with Gasteiger partial charge in [0.05, 0.1) is 32.1 Å². The maximum absolute atomic E-state index is 12.8. The molecule has 0 N–H and O–H groups in total. The quantitative estimate of drug-likeness (QED) is 0.780. The van der Waals surface area contributed by atoms with Crippen LogP contribution >= 0.6 is 0 Å². The lowest BCUT2D eigenvalue weighted by Crippen LogP contribution is -2.18. The molecule has 4 nitrogen and oxygen atoms in total. The highest BCUT2D eigenvalue weighted by molar-refractivity contribution is 6.06. The lowest BCUT2D eigenvalue weighted by Gasteiger charge is -2.25. The molecular formula is C17H20O4. The summed E-state index contributed by atoms with van der Waals surface area (Å²) in [6.45, 7) is 3.25. The molecule has 21 heavy (non-hydrogen) atoms. The van der Waals surface area contributed by atoms with Gasteiger partial charge in [0, 0.05) is 17.4 Å². The molecule has 0 saturated heterocycles. The summed E-state index contributed by atoms with van der Waals surface area (Å²) in [6, 6.07) is 3.74. The van der Waals surface area contributed by atoms with E-state index in [1.165, 1.54) is 0 Å². The minimum atomic E-state index is -0.0318. The van der Waals surface area contributed by atoms with E-state index in [4.69, 9.17) is 14.2 Å². The molecule has 2 unspecified atom stereocenters. The number of ether oxygens (including phenoxy) is 3. The first-order chi connectivity index (χ1) is 10.3. The molecule has 0 bridgehead atoms. The molecule has 1 aliphatic carbocycles. The molecule has 112 valence electrons. The van der Waals surface area contributed by atoms with E-state index in [0.717, 1.165) is 23.3 Å². The highest BCUT2D eigenvalue weighted by atomic mass is 16.5. The molecule has 4 heteroatoms. The first-order valence-electron chi connectivity index (χ1n) is 7.42. The van der Waals surface area contributed by atoms with Crippen LogP contribution in [0.15, 0.2) is 24.5 Å². The summed E-state index contributed by atoms with van der Waals surface area (Å²) in [4.78, 5) is 12.8. The Labute approximate surface area is 124 Å². The largest absolute Gasteiger partial charge is 0.502 e. The summed E-state index contributed by atoms with van der Waals surface area (Å²) < 4.78 is 16.3. The Bertz CT molecular complexity index is 576. The average Bonchev–Trinajstić information content (AvgIpc) is 2.80. The zero-order valence-corrected chi connectivity index (χ0v) is 12.4. The van der Waals surface area contributed by atoms with E-state index in [9.17, 15) is 4.79 Å². The summed E-state index contributed by atoms with van der Waals surface area (Å²) in [7, 11) is 1.60. The molecule has 1 aromatic rings. The van der Waals surface area contributed by atoms with Crippen molar-refractivity contribution in [1.29, 1.82) is 0 Å². The van der Waals surface area contributed by atoms with Gasteiger partial charge >= 0.3 is 0 Å². The van der Waals surface area contributed by atoms with Crippen molar-refractivity contribution in [2.75, 3.05) is 20.3 Å². The summed E-state index contributed by atoms with van der Waals surface area (Å²) in [6.07, 6.45) is 5.21. The van der Waals surface area contributed by atoms with Crippen molar-refractivity contribution in [3.05, 3.63) is 35.6 Å². The van der Waals surface area contributed by atoms with E-state index in [2.05, 4.69) is 0 Å². The van der Waals surface area contributed by atoms with Crippen molar-refractivity contribution in [3.63, 3.8) is 0 Å². The predicted molar refractivity (Wildman–Crippen MR) is 79.1 cm³/mol. The topological polar surface area (TPSA) is 44.8 Å². The van der Waals surface area contributed by atoms with Gasteiger partial charge in [-0.05, 0) is 38.0 Å². The number of hydrogen-bond donors (Lipinski definition) is 0. The Morgan fingerprint density at radius 1 is 1.43 bits per heavy atom. The summed E-state index contributed by atoms with van der Waals surface area (Å²) in [5.74, 6) is 1.87. The van der Waals surface area contributed by atoms with Gasteiger partial charge in [-0.1, -0.05) is 0 Å². The number of hydrogen-bond acceptors (Lipinski definition) is 4. The number of carbonyl (C=O) groups excluding carboxylic acids is 1. The molecule has 1 aromatic carbocycles. The van der Waals surface area contributed by atoms with Crippen LogP contribution in [0.4, 0.5) is 0 Å². The van der Waals surface area contributed by atoms with Crippen LogP contribution in [-0.2, 0) is 4.74 Å². The van der Waals surface area contributed by atoms with Gasteiger partial charge in [0.15, 0.2) is 5.78 Å². The molecule has 0 radical (unpaired) electrons. The lowest BCUT2D eigenvalue weighted by atomic mass is 9.86. The first kappa shape index (κ1) is 14.0. The number of methoxy groups -OCH3 is 1. The fourth-order valence-electron chi connectivity index (χ4n) is 3.35. The van der Waals surface area contributed by atoms with Crippen molar-refractivity contribution < 1.29 is 19.0 Å². The number of allylic oxidation sites excluding steroid dienone is 1. The molecule has 2 atom stereocenters. The normalized spacial score (nSPS) is 23.0. The average molecular weight is 288 g/mol. The predicted octanol–water partition coefficient (Wildman–Crippen LogP) is 3.31. The van der Waals surface area contributed by atoms with E-state index in [0.29, 0.717) is 25.4 Å². The van der Waals surface area contributed by atoms with Gasteiger partial charge in [-0.15, -0.1) is 0 Å². The smallest absolute Gasteiger partial charge is 0.171 e. The van der Waals surface area contributed by atoms with Crippen molar-refractivity contribution in [3.8, 4) is 11.5 Å². The highest BCUT2D eigenvalue weighted by Gasteiger charge is 2.44. The standard InChI is InChI=1S/C17H20O4/c1-3-20-9-4-5-12-11-8-10-21-14-7-6-13(19-2)16(15(11)14)17(12)18/h4,6-7,9,11-12H,3,5,8,10H2,1-2H3. The van der Waals surface area contributed by atoms with Crippen LogP contribution in [0.2, 0.25) is 0 Å². The Morgan fingerprint density at radius 2 is 2.29 bits per heavy atom. The van der Waals surface area contributed by atoms with Crippen LogP contribution in [0.5, 0.6) is 11.5 Å². The maximum atomic E-state index is 12.8. The molecule has 0 saturated carbocycles. The van der Waals surface area contributed by atoms with Crippen molar-refractivity contribution in [2.24, 2.45) is 5.92 Å². The van der Waals surface area contributed by atoms with Crippen LogP contribution in [0, 0.1) is 5.92 Å². The number of ketones is 1. The third-order valence-corrected chi connectivity index (χ3v) is 4.26. The van der Waals surface area contributed by atoms with Crippen LogP contribution in [0.3, 0.4) is 0 Å². The number of benzene rings is 1. The number of rotatable bonds is 5. The lowest BCUT2D eigenvalue weighted by molar-refractivity contribution is 0.0914. The Hall–Kier alpha value is -1.97. The Kier molecular flexibility index (Phi) is 3.86. The molecule has 3 rings (SSSR count). The second-order valence-electron chi connectivity index (χ2n) is 5.33. The monoisotopic (exact) mass is 288 g/mol. The maximum Gasteiger partial charge on any atom is 0.171 e. The molecule has 0 aromatic heterocycles. The fraction of sp³-hybridized carbons (Fsp3) is 0.471. The van der Waals surface area contributed by atoms with E-state index in [-0.39, 0.29) is 17.6 Å². The highest BCUT2D eigenvalue weighted by Crippen LogP contribution is 2.51. The van der Waals surface area contributed by atoms with Gasteiger partial charge in [0.1, 0.15) is 11.5 Å².